The zero-order valence-corrected chi connectivity index (χ0v) is 9.28. The maximum absolute atomic E-state index is 5.78. The van der Waals surface area contributed by atoms with Gasteiger partial charge >= 0.3 is 0 Å². The van der Waals surface area contributed by atoms with Crippen molar-refractivity contribution in [3.05, 3.63) is 29.3 Å². The number of methoxy groups -OCH3 is 1. The molecule has 1 fully saturated rings. The van der Waals surface area contributed by atoms with Crippen LogP contribution in [-0.4, -0.2) is 25.4 Å². The molecule has 2 N–H and O–H groups in total. The van der Waals surface area contributed by atoms with Gasteiger partial charge in [0.15, 0.2) is 0 Å². The van der Waals surface area contributed by atoms with E-state index in [1.54, 1.807) is 19.2 Å². The quantitative estimate of drug-likeness (QED) is 0.857. The monoisotopic (exact) mass is 227 g/mol. The van der Waals surface area contributed by atoms with E-state index in [9.17, 15) is 0 Å². The van der Waals surface area contributed by atoms with Gasteiger partial charge in [0.1, 0.15) is 18.0 Å². The molecule has 1 aromatic carbocycles. The lowest BCUT2D eigenvalue weighted by molar-refractivity contribution is -0.0782. The molecule has 0 spiro atoms. The third kappa shape index (κ3) is 2.25. The maximum atomic E-state index is 5.78. The second-order valence-corrected chi connectivity index (χ2v) is 4.15. The smallest absolute Gasteiger partial charge is 0.128 e. The van der Waals surface area contributed by atoms with Gasteiger partial charge in [-0.15, -0.1) is 0 Å². The number of halogens is 1. The number of rotatable bonds is 3. The Labute approximate surface area is 94.1 Å². The average molecular weight is 228 g/mol. The minimum atomic E-state index is 0.000628. The molecule has 4 heteroatoms. The first kappa shape index (κ1) is 10.7. The summed E-state index contributed by atoms with van der Waals surface area (Å²) in [5.41, 5.74) is 5.78. The van der Waals surface area contributed by atoms with E-state index in [1.165, 1.54) is 0 Å². The molecule has 3 atom stereocenters. The first-order valence-electron chi connectivity index (χ1n) is 4.91. The summed E-state index contributed by atoms with van der Waals surface area (Å²) >= 11 is 5.77. The summed E-state index contributed by atoms with van der Waals surface area (Å²) in [4.78, 5) is 0. The van der Waals surface area contributed by atoms with Crippen molar-refractivity contribution in [2.45, 2.75) is 24.7 Å². The second kappa shape index (κ2) is 4.39. The average Bonchev–Trinajstić information content (AvgIpc) is 2.21. The van der Waals surface area contributed by atoms with Crippen molar-refractivity contribution < 1.29 is 9.47 Å². The van der Waals surface area contributed by atoms with Crippen molar-refractivity contribution in [3.8, 4) is 5.75 Å². The van der Waals surface area contributed by atoms with Crippen LogP contribution >= 0.6 is 11.6 Å². The predicted molar refractivity (Wildman–Crippen MR) is 59.3 cm³/mol. The van der Waals surface area contributed by atoms with Gasteiger partial charge in [-0.25, -0.2) is 0 Å². The molecule has 0 bridgehead atoms. The van der Waals surface area contributed by atoms with E-state index in [0.717, 1.165) is 12.2 Å². The molecule has 1 aliphatic carbocycles. The van der Waals surface area contributed by atoms with Gasteiger partial charge in [0.2, 0.25) is 0 Å². The standard InChI is InChI=1S/C11H14ClNO2/c1-14-11-9(13)6-10(11)15-8-4-2-7(12)3-5-8/h2-5,9-11H,6,13H2,1H3. The fourth-order valence-electron chi connectivity index (χ4n) is 1.75. The molecular weight excluding hydrogens is 214 g/mol. The van der Waals surface area contributed by atoms with Gasteiger partial charge in [-0.05, 0) is 24.3 Å². The Morgan fingerprint density at radius 2 is 2.00 bits per heavy atom. The van der Waals surface area contributed by atoms with Crippen molar-refractivity contribution in [2.24, 2.45) is 5.73 Å². The molecule has 0 aliphatic heterocycles. The molecule has 1 aromatic rings. The number of benzene rings is 1. The molecule has 2 rings (SSSR count). The summed E-state index contributed by atoms with van der Waals surface area (Å²) in [6.45, 7) is 0. The molecule has 0 radical (unpaired) electrons. The summed E-state index contributed by atoms with van der Waals surface area (Å²) < 4.78 is 10.9. The maximum Gasteiger partial charge on any atom is 0.128 e. The largest absolute Gasteiger partial charge is 0.488 e. The minimum absolute atomic E-state index is 0.000628. The van der Waals surface area contributed by atoms with E-state index in [4.69, 9.17) is 26.8 Å². The first-order chi connectivity index (χ1) is 7.20. The molecule has 0 heterocycles. The third-order valence-corrected chi connectivity index (χ3v) is 2.92. The van der Waals surface area contributed by atoms with Crippen molar-refractivity contribution >= 4 is 11.6 Å². The van der Waals surface area contributed by atoms with Gasteiger partial charge in [0.25, 0.3) is 0 Å². The fourth-order valence-corrected chi connectivity index (χ4v) is 1.87. The van der Waals surface area contributed by atoms with E-state index in [0.29, 0.717) is 5.02 Å². The summed E-state index contributed by atoms with van der Waals surface area (Å²) in [7, 11) is 1.65. The number of ether oxygens (including phenoxy) is 2. The number of nitrogens with two attached hydrogens (primary N) is 1. The Morgan fingerprint density at radius 1 is 1.33 bits per heavy atom. The molecule has 1 aliphatic rings. The van der Waals surface area contributed by atoms with Crippen LogP contribution in [0.3, 0.4) is 0 Å². The lowest BCUT2D eigenvalue weighted by atomic mass is 9.86. The molecule has 1 saturated carbocycles. The van der Waals surface area contributed by atoms with Crippen LogP contribution in [0.5, 0.6) is 5.75 Å². The van der Waals surface area contributed by atoms with Crippen LogP contribution in [0.25, 0.3) is 0 Å². The lowest BCUT2D eigenvalue weighted by Crippen LogP contribution is -2.59. The predicted octanol–water partition coefficient (Wildman–Crippen LogP) is 1.83. The van der Waals surface area contributed by atoms with Crippen LogP contribution in [0.15, 0.2) is 24.3 Å². The zero-order chi connectivity index (χ0) is 10.8. The van der Waals surface area contributed by atoms with Crippen LogP contribution in [0.4, 0.5) is 0 Å². The summed E-state index contributed by atoms with van der Waals surface area (Å²) in [5.74, 6) is 0.804. The molecule has 3 unspecified atom stereocenters. The van der Waals surface area contributed by atoms with Gasteiger partial charge in [0.05, 0.1) is 0 Å². The Morgan fingerprint density at radius 3 is 2.53 bits per heavy atom. The van der Waals surface area contributed by atoms with Crippen molar-refractivity contribution in [3.63, 3.8) is 0 Å². The number of hydrogen-bond donors (Lipinski definition) is 1. The molecule has 82 valence electrons. The second-order valence-electron chi connectivity index (χ2n) is 3.71. The SMILES string of the molecule is COC1C(N)CC1Oc1ccc(Cl)cc1. The zero-order valence-electron chi connectivity index (χ0n) is 8.52. The van der Waals surface area contributed by atoms with E-state index in [1.807, 2.05) is 12.1 Å². The van der Waals surface area contributed by atoms with Gasteiger partial charge in [-0.1, -0.05) is 11.6 Å². The Balaban J connectivity index is 1.95. The van der Waals surface area contributed by atoms with Gasteiger partial charge < -0.3 is 15.2 Å². The third-order valence-electron chi connectivity index (χ3n) is 2.67. The molecule has 0 saturated heterocycles. The molecular formula is C11H14ClNO2. The van der Waals surface area contributed by atoms with Crippen molar-refractivity contribution in [2.75, 3.05) is 7.11 Å². The van der Waals surface area contributed by atoms with Gasteiger partial charge in [-0.3, -0.25) is 0 Å². The lowest BCUT2D eigenvalue weighted by Gasteiger charge is -2.40. The minimum Gasteiger partial charge on any atom is -0.488 e. The highest BCUT2D eigenvalue weighted by Crippen LogP contribution is 2.27. The highest BCUT2D eigenvalue weighted by molar-refractivity contribution is 6.30. The molecule has 0 amide bonds. The van der Waals surface area contributed by atoms with Crippen LogP contribution in [-0.2, 0) is 4.74 Å². The van der Waals surface area contributed by atoms with Crippen LogP contribution in [0.1, 0.15) is 6.42 Å². The Kier molecular flexibility index (Phi) is 3.14. The van der Waals surface area contributed by atoms with Gasteiger partial charge in [0, 0.05) is 24.6 Å². The molecule has 15 heavy (non-hydrogen) atoms. The van der Waals surface area contributed by atoms with E-state index in [-0.39, 0.29) is 18.2 Å². The highest BCUT2D eigenvalue weighted by atomic mass is 35.5. The molecule has 3 nitrogen and oxygen atoms in total. The Hall–Kier alpha value is -0.770. The first-order valence-corrected chi connectivity index (χ1v) is 5.29. The fraction of sp³-hybridized carbons (Fsp3) is 0.455. The number of hydrogen-bond acceptors (Lipinski definition) is 3. The summed E-state index contributed by atoms with van der Waals surface area (Å²) in [6, 6.07) is 7.39. The van der Waals surface area contributed by atoms with Gasteiger partial charge in [-0.2, -0.15) is 0 Å². The van der Waals surface area contributed by atoms with E-state index in [2.05, 4.69) is 0 Å². The summed E-state index contributed by atoms with van der Waals surface area (Å²) in [6.07, 6.45) is 0.896. The topological polar surface area (TPSA) is 44.5 Å². The van der Waals surface area contributed by atoms with E-state index >= 15 is 0 Å². The Bertz CT molecular complexity index is 328. The van der Waals surface area contributed by atoms with Crippen molar-refractivity contribution in [1.82, 2.24) is 0 Å². The van der Waals surface area contributed by atoms with E-state index < -0.39 is 0 Å². The normalized spacial score (nSPS) is 29.7. The highest BCUT2D eigenvalue weighted by Gasteiger charge is 2.40. The molecule has 0 aromatic heterocycles. The summed E-state index contributed by atoms with van der Waals surface area (Å²) in [5, 5.41) is 0.705. The van der Waals surface area contributed by atoms with Crippen LogP contribution in [0.2, 0.25) is 5.02 Å². The van der Waals surface area contributed by atoms with Crippen LogP contribution < -0.4 is 10.5 Å². The van der Waals surface area contributed by atoms with Crippen LogP contribution in [0, 0.1) is 0 Å². The van der Waals surface area contributed by atoms with Crippen molar-refractivity contribution in [1.29, 1.82) is 0 Å².